The lowest BCUT2D eigenvalue weighted by atomic mass is 9.78. The third kappa shape index (κ3) is 3.04. The van der Waals surface area contributed by atoms with Crippen molar-refractivity contribution in [3.05, 3.63) is 57.4 Å². The number of carbonyl (C=O) groups is 2. The van der Waals surface area contributed by atoms with Crippen LogP contribution in [-0.2, 0) is 14.3 Å². The van der Waals surface area contributed by atoms with Crippen molar-refractivity contribution in [2.45, 2.75) is 32.1 Å². The molecule has 2 aliphatic rings. The third-order valence-corrected chi connectivity index (χ3v) is 4.75. The number of benzene rings is 1. The molecule has 0 fully saturated rings. The van der Waals surface area contributed by atoms with Gasteiger partial charge in [-0.1, -0.05) is 23.7 Å². The third-order valence-electron chi connectivity index (χ3n) is 4.50. The molecule has 1 heterocycles. The quantitative estimate of drug-likeness (QED) is 0.843. The van der Waals surface area contributed by atoms with Crippen LogP contribution in [0, 0.1) is 0 Å². The number of halogens is 1. The van der Waals surface area contributed by atoms with Crippen LogP contribution in [0.15, 0.2) is 46.8 Å². The maximum Gasteiger partial charge on any atom is 0.335 e. The van der Waals surface area contributed by atoms with E-state index in [0.29, 0.717) is 29.0 Å². The fraction of sp³-hybridized carbons (Fsp3) is 0.333. The highest BCUT2D eigenvalue weighted by Crippen LogP contribution is 2.38. The highest BCUT2D eigenvalue weighted by Gasteiger charge is 2.33. The van der Waals surface area contributed by atoms with Crippen molar-refractivity contribution >= 4 is 23.4 Å². The van der Waals surface area contributed by atoms with Crippen LogP contribution in [-0.4, -0.2) is 18.9 Å². The van der Waals surface area contributed by atoms with Gasteiger partial charge in [-0.25, -0.2) is 4.79 Å². The SMILES string of the molecule is COC(=O)C1=C(C)NC2=C(C1)C(=O)CC(c1ccc(Cl)cc1)C2. The number of rotatable bonds is 2. The summed E-state index contributed by atoms with van der Waals surface area (Å²) in [4.78, 5) is 24.4. The minimum absolute atomic E-state index is 0.0904. The molecule has 1 aliphatic carbocycles. The summed E-state index contributed by atoms with van der Waals surface area (Å²) in [5.74, 6) is -0.153. The molecule has 4 nitrogen and oxygen atoms in total. The van der Waals surface area contributed by atoms with Crippen LogP contribution in [0.3, 0.4) is 0 Å². The van der Waals surface area contributed by atoms with Gasteiger partial charge in [-0.2, -0.15) is 0 Å². The first-order valence-corrected chi connectivity index (χ1v) is 7.93. The van der Waals surface area contributed by atoms with Crippen LogP contribution in [0.4, 0.5) is 0 Å². The minimum atomic E-state index is -0.380. The standard InChI is InChI=1S/C18H18ClNO3/c1-10-14(18(22)23-2)9-15-16(20-10)7-12(8-17(15)21)11-3-5-13(19)6-4-11/h3-6,12,20H,7-9H2,1-2H3. The first-order chi connectivity index (χ1) is 11.0. The zero-order valence-corrected chi connectivity index (χ0v) is 13.9. The van der Waals surface area contributed by atoms with Gasteiger partial charge < -0.3 is 10.1 Å². The molecule has 0 saturated heterocycles. The highest BCUT2D eigenvalue weighted by atomic mass is 35.5. The molecular formula is C18H18ClNO3. The Bertz CT molecular complexity index is 731. The smallest absolute Gasteiger partial charge is 0.335 e. The van der Waals surface area contributed by atoms with Gasteiger partial charge in [-0.05, 0) is 37.0 Å². The van der Waals surface area contributed by atoms with Crippen molar-refractivity contribution in [1.29, 1.82) is 0 Å². The van der Waals surface area contributed by atoms with Crippen LogP contribution in [0.2, 0.25) is 5.02 Å². The number of ketones is 1. The monoisotopic (exact) mass is 331 g/mol. The summed E-state index contributed by atoms with van der Waals surface area (Å²) in [6.45, 7) is 1.84. The number of hydrogen-bond donors (Lipinski definition) is 1. The van der Waals surface area contributed by atoms with Gasteiger partial charge in [0.05, 0.1) is 12.7 Å². The van der Waals surface area contributed by atoms with Crippen molar-refractivity contribution in [2.75, 3.05) is 7.11 Å². The molecule has 0 saturated carbocycles. The van der Waals surface area contributed by atoms with Gasteiger partial charge in [0.1, 0.15) is 0 Å². The van der Waals surface area contributed by atoms with Gasteiger partial charge in [0.25, 0.3) is 0 Å². The Balaban J connectivity index is 1.85. The molecule has 0 aromatic heterocycles. The lowest BCUT2D eigenvalue weighted by Gasteiger charge is -2.31. The lowest BCUT2D eigenvalue weighted by Crippen LogP contribution is -2.31. The number of ether oxygens (including phenoxy) is 1. The summed E-state index contributed by atoms with van der Waals surface area (Å²) in [6.07, 6.45) is 1.57. The molecule has 1 aliphatic heterocycles. The second-order valence-electron chi connectivity index (χ2n) is 5.93. The van der Waals surface area contributed by atoms with Gasteiger partial charge in [0.2, 0.25) is 0 Å². The van der Waals surface area contributed by atoms with E-state index in [-0.39, 0.29) is 17.7 Å². The van der Waals surface area contributed by atoms with Crippen LogP contribution in [0.1, 0.15) is 37.7 Å². The van der Waals surface area contributed by atoms with Crippen molar-refractivity contribution in [1.82, 2.24) is 5.32 Å². The number of nitrogens with one attached hydrogen (secondary N) is 1. The topological polar surface area (TPSA) is 55.4 Å². The Labute approximate surface area is 140 Å². The highest BCUT2D eigenvalue weighted by molar-refractivity contribution is 6.30. The van der Waals surface area contributed by atoms with Crippen LogP contribution in [0.25, 0.3) is 0 Å². The summed E-state index contributed by atoms with van der Waals surface area (Å²) in [5, 5.41) is 3.92. The summed E-state index contributed by atoms with van der Waals surface area (Å²) in [5.41, 5.74) is 4.04. The molecule has 1 aromatic rings. The number of carbonyl (C=O) groups excluding carboxylic acids is 2. The van der Waals surface area contributed by atoms with Gasteiger partial charge in [0, 0.05) is 34.8 Å². The van der Waals surface area contributed by atoms with Crippen molar-refractivity contribution in [2.24, 2.45) is 0 Å². The summed E-state index contributed by atoms with van der Waals surface area (Å²) >= 11 is 5.93. The van der Waals surface area contributed by atoms with E-state index in [9.17, 15) is 9.59 Å². The van der Waals surface area contributed by atoms with E-state index in [0.717, 1.165) is 23.4 Å². The van der Waals surface area contributed by atoms with Crippen molar-refractivity contribution in [3.63, 3.8) is 0 Å². The molecule has 3 rings (SSSR count). The van der Waals surface area contributed by atoms with Gasteiger partial charge in [-0.15, -0.1) is 0 Å². The molecule has 1 N–H and O–H groups in total. The van der Waals surface area contributed by atoms with Gasteiger partial charge >= 0.3 is 5.97 Å². The number of dihydropyridines is 1. The molecule has 0 spiro atoms. The Morgan fingerprint density at radius 1 is 1.26 bits per heavy atom. The molecule has 1 unspecified atom stereocenters. The molecule has 1 atom stereocenters. The molecule has 1 aromatic carbocycles. The summed E-state index contributed by atoms with van der Waals surface area (Å²) in [7, 11) is 1.35. The molecule has 0 bridgehead atoms. The zero-order chi connectivity index (χ0) is 16.6. The summed E-state index contributed by atoms with van der Waals surface area (Å²) < 4.78 is 4.79. The second kappa shape index (κ2) is 6.20. The maximum absolute atomic E-state index is 12.5. The van der Waals surface area contributed by atoms with E-state index >= 15 is 0 Å². The van der Waals surface area contributed by atoms with Crippen molar-refractivity contribution in [3.8, 4) is 0 Å². The van der Waals surface area contributed by atoms with E-state index in [4.69, 9.17) is 16.3 Å². The van der Waals surface area contributed by atoms with Crippen LogP contribution >= 0.6 is 11.6 Å². The Hall–Kier alpha value is -2.07. The lowest BCUT2D eigenvalue weighted by molar-refractivity contribution is -0.136. The Kier molecular flexibility index (Phi) is 4.26. The fourth-order valence-corrected chi connectivity index (χ4v) is 3.35. The normalized spacial score (nSPS) is 21.0. The number of methoxy groups -OCH3 is 1. The van der Waals surface area contributed by atoms with Crippen molar-refractivity contribution < 1.29 is 14.3 Å². The van der Waals surface area contributed by atoms with E-state index in [1.54, 1.807) is 0 Å². The molecule has 23 heavy (non-hydrogen) atoms. The maximum atomic E-state index is 12.5. The fourth-order valence-electron chi connectivity index (χ4n) is 3.22. The predicted octanol–water partition coefficient (Wildman–Crippen LogP) is 3.48. The van der Waals surface area contributed by atoms with E-state index < -0.39 is 0 Å². The molecule has 0 radical (unpaired) electrons. The number of esters is 1. The molecular weight excluding hydrogens is 314 g/mol. The van der Waals surface area contributed by atoms with Gasteiger partial charge in [0.15, 0.2) is 5.78 Å². The number of hydrogen-bond acceptors (Lipinski definition) is 4. The second-order valence-corrected chi connectivity index (χ2v) is 6.37. The molecule has 120 valence electrons. The summed E-state index contributed by atoms with van der Waals surface area (Å²) in [6, 6.07) is 7.63. The predicted molar refractivity (Wildman–Crippen MR) is 87.9 cm³/mol. The van der Waals surface area contributed by atoms with E-state index in [2.05, 4.69) is 5.32 Å². The van der Waals surface area contributed by atoms with E-state index in [1.807, 2.05) is 31.2 Å². The Morgan fingerprint density at radius 3 is 2.61 bits per heavy atom. The van der Waals surface area contributed by atoms with E-state index in [1.165, 1.54) is 7.11 Å². The van der Waals surface area contributed by atoms with Crippen LogP contribution in [0.5, 0.6) is 0 Å². The molecule has 0 amide bonds. The number of allylic oxidation sites excluding steroid dienone is 3. The first kappa shape index (κ1) is 15.8. The average Bonchev–Trinajstić information content (AvgIpc) is 2.54. The largest absolute Gasteiger partial charge is 0.466 e. The average molecular weight is 332 g/mol. The zero-order valence-electron chi connectivity index (χ0n) is 13.1. The first-order valence-electron chi connectivity index (χ1n) is 7.55. The minimum Gasteiger partial charge on any atom is -0.466 e. The number of Topliss-reactive ketones (excluding diaryl/α,β-unsaturated/α-hetero) is 1. The van der Waals surface area contributed by atoms with Gasteiger partial charge in [-0.3, -0.25) is 4.79 Å². The Morgan fingerprint density at radius 2 is 1.96 bits per heavy atom. The molecule has 5 heteroatoms. The van der Waals surface area contributed by atoms with Crippen LogP contribution < -0.4 is 5.32 Å².